The Labute approximate surface area is 129 Å². The molecule has 3 aromatic rings. The van der Waals surface area contributed by atoms with Gasteiger partial charge in [0.1, 0.15) is 0 Å². The molecule has 5 heteroatoms. The average Bonchev–Trinajstić information content (AvgIpc) is 3.04. The molecule has 0 bridgehead atoms. The smallest absolute Gasteiger partial charge is 0.233 e. The maximum absolute atomic E-state index is 4.31. The predicted molar refractivity (Wildman–Crippen MR) is 84.5 cm³/mol. The first-order chi connectivity index (χ1) is 10.9. The molecule has 0 radical (unpaired) electrons. The van der Waals surface area contributed by atoms with Gasteiger partial charge in [-0.15, -0.1) is 0 Å². The minimum atomic E-state index is 0.537. The molecule has 0 amide bonds. The molecule has 0 aliphatic carbocycles. The van der Waals surface area contributed by atoms with Crippen molar-refractivity contribution in [2.75, 3.05) is 13.1 Å². The van der Waals surface area contributed by atoms with Gasteiger partial charge in [-0.25, -0.2) is 9.97 Å². The van der Waals surface area contributed by atoms with Gasteiger partial charge < -0.3 is 0 Å². The van der Waals surface area contributed by atoms with Gasteiger partial charge in [-0.3, -0.25) is 14.3 Å². The zero-order chi connectivity index (χ0) is 14.8. The summed E-state index contributed by atoms with van der Waals surface area (Å²) in [6.45, 7) is 3.24. The van der Waals surface area contributed by atoms with Gasteiger partial charge in [0.15, 0.2) is 0 Å². The third kappa shape index (κ3) is 2.60. The zero-order valence-corrected chi connectivity index (χ0v) is 12.5. The molecule has 3 aromatic heterocycles. The van der Waals surface area contributed by atoms with E-state index in [9.17, 15) is 0 Å². The Hall–Kier alpha value is -2.27. The first kappa shape index (κ1) is 13.4. The molecular weight excluding hydrogens is 274 g/mol. The van der Waals surface area contributed by atoms with E-state index in [0.717, 1.165) is 25.4 Å². The second-order valence-corrected chi connectivity index (χ2v) is 5.90. The van der Waals surface area contributed by atoms with Gasteiger partial charge in [-0.1, -0.05) is 0 Å². The van der Waals surface area contributed by atoms with Crippen molar-refractivity contribution in [3.05, 3.63) is 60.4 Å². The number of likely N-dealkylation sites (tertiary alicyclic amines) is 1. The van der Waals surface area contributed by atoms with Crippen molar-refractivity contribution in [1.29, 1.82) is 0 Å². The number of piperidine rings is 1. The minimum absolute atomic E-state index is 0.537. The van der Waals surface area contributed by atoms with E-state index < -0.39 is 0 Å². The lowest BCUT2D eigenvalue weighted by molar-refractivity contribution is 0.198. The summed E-state index contributed by atoms with van der Waals surface area (Å²) in [5.74, 6) is 1.33. The van der Waals surface area contributed by atoms with Gasteiger partial charge in [-0.05, 0) is 43.1 Å². The maximum Gasteiger partial charge on any atom is 0.233 e. The molecule has 112 valence electrons. The Morgan fingerprint density at radius 1 is 1.05 bits per heavy atom. The Kier molecular flexibility index (Phi) is 3.56. The lowest BCUT2D eigenvalue weighted by atomic mass is 9.94. The summed E-state index contributed by atoms with van der Waals surface area (Å²) in [7, 11) is 0. The summed E-state index contributed by atoms with van der Waals surface area (Å²) < 4.78 is 2.13. The van der Waals surface area contributed by atoms with Crippen LogP contribution < -0.4 is 0 Å². The molecule has 1 aliphatic heterocycles. The molecule has 4 heterocycles. The van der Waals surface area contributed by atoms with E-state index in [1.165, 1.54) is 24.1 Å². The first-order valence-corrected chi connectivity index (χ1v) is 7.79. The molecule has 4 rings (SSSR count). The first-order valence-electron chi connectivity index (χ1n) is 7.79. The lowest BCUT2D eigenvalue weighted by Crippen LogP contribution is -2.34. The molecule has 5 nitrogen and oxygen atoms in total. The zero-order valence-electron chi connectivity index (χ0n) is 12.5. The van der Waals surface area contributed by atoms with Gasteiger partial charge >= 0.3 is 0 Å². The van der Waals surface area contributed by atoms with E-state index in [2.05, 4.69) is 42.5 Å². The van der Waals surface area contributed by atoms with Crippen LogP contribution in [-0.4, -0.2) is 37.3 Å². The van der Waals surface area contributed by atoms with Crippen molar-refractivity contribution in [3.63, 3.8) is 0 Å². The number of hydrogen-bond acceptors (Lipinski definition) is 4. The molecule has 0 spiro atoms. The number of hydrogen-bond donors (Lipinski definition) is 0. The second-order valence-electron chi connectivity index (χ2n) is 5.90. The highest BCUT2D eigenvalue weighted by Crippen LogP contribution is 2.27. The molecule has 22 heavy (non-hydrogen) atoms. The minimum Gasteiger partial charge on any atom is -0.298 e. The van der Waals surface area contributed by atoms with Crippen LogP contribution in [-0.2, 0) is 6.54 Å². The molecule has 1 fully saturated rings. The van der Waals surface area contributed by atoms with Crippen LogP contribution in [0.4, 0.5) is 0 Å². The van der Waals surface area contributed by atoms with E-state index in [4.69, 9.17) is 0 Å². The molecule has 0 saturated carbocycles. The third-order valence-electron chi connectivity index (χ3n) is 4.41. The van der Waals surface area contributed by atoms with Crippen molar-refractivity contribution < 1.29 is 0 Å². The number of imidazole rings is 1. The molecule has 0 N–H and O–H groups in total. The summed E-state index contributed by atoms with van der Waals surface area (Å²) in [5, 5.41) is 0. The summed E-state index contributed by atoms with van der Waals surface area (Å²) in [6.07, 6.45) is 11.9. The average molecular weight is 293 g/mol. The van der Waals surface area contributed by atoms with E-state index in [0.29, 0.717) is 5.92 Å². The number of pyridine rings is 1. The van der Waals surface area contributed by atoms with E-state index in [1.807, 2.05) is 31.0 Å². The third-order valence-corrected chi connectivity index (χ3v) is 4.41. The molecule has 0 unspecified atom stereocenters. The van der Waals surface area contributed by atoms with Crippen molar-refractivity contribution in [2.45, 2.75) is 25.3 Å². The maximum atomic E-state index is 4.31. The largest absolute Gasteiger partial charge is 0.298 e. The molecule has 1 atom stereocenters. The Morgan fingerprint density at radius 2 is 1.91 bits per heavy atom. The monoisotopic (exact) mass is 293 g/mol. The van der Waals surface area contributed by atoms with Crippen LogP contribution in [0.15, 0.2) is 49.2 Å². The molecule has 0 aromatic carbocycles. The van der Waals surface area contributed by atoms with Gasteiger partial charge in [0.25, 0.3) is 0 Å². The number of rotatable bonds is 3. The highest BCUT2D eigenvalue weighted by molar-refractivity contribution is 5.31. The van der Waals surface area contributed by atoms with Crippen LogP contribution in [0.1, 0.15) is 30.0 Å². The van der Waals surface area contributed by atoms with Crippen LogP contribution in [0.2, 0.25) is 0 Å². The fourth-order valence-electron chi connectivity index (χ4n) is 3.37. The lowest BCUT2D eigenvalue weighted by Gasteiger charge is -2.33. The molecule has 1 aliphatic rings. The van der Waals surface area contributed by atoms with Gasteiger partial charge in [-0.2, -0.15) is 0 Å². The van der Waals surface area contributed by atoms with E-state index in [1.54, 1.807) is 0 Å². The van der Waals surface area contributed by atoms with Gasteiger partial charge in [0.05, 0.1) is 0 Å². The summed E-state index contributed by atoms with van der Waals surface area (Å²) in [5.41, 5.74) is 2.65. The topological polar surface area (TPSA) is 46.3 Å². The van der Waals surface area contributed by atoms with E-state index >= 15 is 0 Å². The summed E-state index contributed by atoms with van der Waals surface area (Å²) in [6, 6.07) is 6.34. The Morgan fingerprint density at radius 3 is 2.82 bits per heavy atom. The van der Waals surface area contributed by atoms with Crippen LogP contribution in [0.3, 0.4) is 0 Å². The van der Waals surface area contributed by atoms with E-state index in [-0.39, 0.29) is 0 Å². The van der Waals surface area contributed by atoms with Crippen molar-refractivity contribution in [3.8, 4) is 0 Å². The second kappa shape index (κ2) is 5.85. The van der Waals surface area contributed by atoms with Crippen LogP contribution in [0.5, 0.6) is 0 Å². The predicted octanol–water partition coefficient (Wildman–Crippen LogP) is 2.50. The number of fused-ring (bicyclic) bond motifs is 1. The fourth-order valence-corrected chi connectivity index (χ4v) is 3.37. The van der Waals surface area contributed by atoms with Gasteiger partial charge in [0, 0.05) is 55.7 Å². The van der Waals surface area contributed by atoms with Crippen LogP contribution in [0, 0.1) is 0 Å². The Bertz CT molecular complexity index is 752. The van der Waals surface area contributed by atoms with Crippen LogP contribution >= 0.6 is 0 Å². The highest BCUT2D eigenvalue weighted by atomic mass is 15.1. The van der Waals surface area contributed by atoms with Crippen molar-refractivity contribution in [1.82, 2.24) is 24.3 Å². The number of nitrogens with zero attached hydrogens (tertiary/aromatic N) is 5. The highest BCUT2D eigenvalue weighted by Gasteiger charge is 2.23. The summed E-state index contributed by atoms with van der Waals surface area (Å²) in [4.78, 5) is 15.2. The summed E-state index contributed by atoms with van der Waals surface area (Å²) >= 11 is 0. The molecular formula is C17H19N5. The quantitative estimate of drug-likeness (QED) is 0.744. The normalized spacial score (nSPS) is 19.5. The molecule has 1 saturated heterocycles. The van der Waals surface area contributed by atoms with Crippen molar-refractivity contribution >= 4 is 5.78 Å². The van der Waals surface area contributed by atoms with Crippen molar-refractivity contribution in [2.24, 2.45) is 0 Å². The SMILES string of the molecule is c1cc(CN2CCC[C@@H](c3ccnc4nccn34)C2)ccn1. The van der Waals surface area contributed by atoms with Crippen LogP contribution in [0.25, 0.3) is 5.78 Å². The number of aromatic nitrogens is 4. The standard InChI is InChI=1S/C17H19N5/c1-2-15(16-5-8-19-17-20-9-11-22(16)17)13-21(10-1)12-14-3-6-18-7-4-14/h3-9,11,15H,1-2,10,12-13H2/t15-/m1/s1. The fraction of sp³-hybridized carbons (Fsp3) is 0.353. The van der Waals surface area contributed by atoms with Gasteiger partial charge in [0.2, 0.25) is 5.78 Å². The Balaban J connectivity index is 1.55.